The summed E-state index contributed by atoms with van der Waals surface area (Å²) >= 11 is 0. The summed E-state index contributed by atoms with van der Waals surface area (Å²) < 4.78 is 13.1. The summed E-state index contributed by atoms with van der Waals surface area (Å²) in [5.41, 5.74) is 3.82. The van der Waals surface area contributed by atoms with E-state index in [1.807, 2.05) is 13.0 Å². The molecule has 6 heteroatoms. The van der Waals surface area contributed by atoms with Crippen LogP contribution in [0.3, 0.4) is 0 Å². The first-order valence-electron chi connectivity index (χ1n) is 9.66. The van der Waals surface area contributed by atoms with Gasteiger partial charge >= 0.3 is 0 Å². The fourth-order valence-electron chi connectivity index (χ4n) is 3.41. The number of hydrogen-bond donors (Lipinski definition) is 2. The zero-order chi connectivity index (χ0) is 19.3. The summed E-state index contributed by atoms with van der Waals surface area (Å²) in [7, 11) is 0. The molecule has 0 unspecified atom stereocenters. The Morgan fingerprint density at radius 1 is 0.821 bits per heavy atom. The first-order chi connectivity index (χ1) is 13.7. The highest BCUT2D eigenvalue weighted by atomic mass is 19.1. The summed E-state index contributed by atoms with van der Waals surface area (Å²) in [6.45, 7) is 4.18. The quantitative estimate of drug-likeness (QED) is 0.623. The van der Waals surface area contributed by atoms with E-state index < -0.39 is 0 Å². The van der Waals surface area contributed by atoms with E-state index in [0.29, 0.717) is 11.8 Å². The van der Waals surface area contributed by atoms with Crippen molar-refractivity contribution in [2.75, 3.05) is 28.6 Å². The molecule has 0 amide bonds. The molecule has 144 valence electrons. The number of hydrogen-bond acceptors (Lipinski definition) is 5. The van der Waals surface area contributed by atoms with Crippen LogP contribution in [0.15, 0.2) is 54.6 Å². The standard InChI is InChI=1S/C22H24FN5/c1-16-15-21(25-18-7-5-17(23)6-8-18)27-22(24-16)26-19-9-11-20(12-10-19)28-13-3-2-4-14-28/h5-12,15H,2-4,13-14H2,1H3,(H2,24,25,26,27). The lowest BCUT2D eigenvalue weighted by Crippen LogP contribution is -2.29. The lowest BCUT2D eigenvalue weighted by Gasteiger charge is -2.28. The Balaban J connectivity index is 1.46. The topological polar surface area (TPSA) is 53.1 Å². The van der Waals surface area contributed by atoms with Crippen LogP contribution < -0.4 is 15.5 Å². The third-order valence-corrected chi connectivity index (χ3v) is 4.82. The van der Waals surface area contributed by atoms with Gasteiger partial charge in [-0.1, -0.05) is 0 Å². The molecule has 1 fully saturated rings. The average molecular weight is 377 g/mol. The molecule has 3 aromatic rings. The van der Waals surface area contributed by atoms with Crippen LogP contribution in [-0.4, -0.2) is 23.1 Å². The third-order valence-electron chi connectivity index (χ3n) is 4.82. The Morgan fingerprint density at radius 3 is 2.18 bits per heavy atom. The van der Waals surface area contributed by atoms with Crippen LogP contribution in [0.2, 0.25) is 0 Å². The smallest absolute Gasteiger partial charge is 0.229 e. The molecule has 2 N–H and O–H groups in total. The van der Waals surface area contributed by atoms with Gasteiger partial charge in [0, 0.05) is 41.9 Å². The molecule has 2 heterocycles. The molecule has 1 saturated heterocycles. The molecule has 28 heavy (non-hydrogen) atoms. The molecule has 0 aliphatic carbocycles. The van der Waals surface area contributed by atoms with Gasteiger partial charge in [-0.2, -0.15) is 4.98 Å². The molecule has 1 aliphatic rings. The number of aryl methyl sites for hydroxylation is 1. The van der Waals surface area contributed by atoms with Crippen molar-refractivity contribution in [1.82, 2.24) is 9.97 Å². The SMILES string of the molecule is Cc1cc(Nc2ccc(F)cc2)nc(Nc2ccc(N3CCCCC3)cc2)n1. The van der Waals surface area contributed by atoms with E-state index in [1.165, 1.54) is 37.1 Å². The van der Waals surface area contributed by atoms with Crippen molar-refractivity contribution < 1.29 is 4.39 Å². The summed E-state index contributed by atoms with van der Waals surface area (Å²) in [6.07, 6.45) is 3.86. The van der Waals surface area contributed by atoms with E-state index in [9.17, 15) is 4.39 Å². The highest BCUT2D eigenvalue weighted by Crippen LogP contribution is 2.24. The Kier molecular flexibility index (Phi) is 5.37. The number of aromatic nitrogens is 2. The average Bonchev–Trinajstić information content (AvgIpc) is 2.71. The van der Waals surface area contributed by atoms with Crippen LogP contribution in [0.5, 0.6) is 0 Å². The van der Waals surface area contributed by atoms with Crippen molar-refractivity contribution in [3.05, 3.63) is 66.1 Å². The van der Waals surface area contributed by atoms with Gasteiger partial charge in [-0.3, -0.25) is 0 Å². The van der Waals surface area contributed by atoms with Crippen molar-refractivity contribution in [2.24, 2.45) is 0 Å². The molecule has 0 saturated carbocycles. The number of nitrogens with one attached hydrogen (secondary N) is 2. The van der Waals surface area contributed by atoms with Crippen molar-refractivity contribution in [1.29, 1.82) is 0 Å². The number of rotatable bonds is 5. The van der Waals surface area contributed by atoms with Gasteiger partial charge < -0.3 is 15.5 Å². The molecule has 0 radical (unpaired) electrons. The second-order valence-electron chi connectivity index (χ2n) is 7.07. The van der Waals surface area contributed by atoms with E-state index >= 15 is 0 Å². The predicted molar refractivity (Wildman–Crippen MR) is 112 cm³/mol. The maximum absolute atomic E-state index is 13.1. The molecule has 0 bridgehead atoms. The fraction of sp³-hybridized carbons (Fsp3) is 0.273. The lowest BCUT2D eigenvalue weighted by atomic mass is 10.1. The Labute approximate surface area is 164 Å². The Morgan fingerprint density at radius 2 is 1.46 bits per heavy atom. The fourth-order valence-corrected chi connectivity index (χ4v) is 3.41. The summed E-state index contributed by atoms with van der Waals surface area (Å²) in [4.78, 5) is 11.4. The van der Waals surface area contributed by atoms with Gasteiger partial charge in [-0.25, -0.2) is 9.37 Å². The molecule has 1 aromatic heterocycles. The van der Waals surface area contributed by atoms with E-state index in [1.54, 1.807) is 12.1 Å². The zero-order valence-corrected chi connectivity index (χ0v) is 16.0. The van der Waals surface area contributed by atoms with E-state index in [2.05, 4.69) is 49.8 Å². The molecule has 5 nitrogen and oxygen atoms in total. The molecule has 0 spiro atoms. The second-order valence-corrected chi connectivity index (χ2v) is 7.07. The van der Waals surface area contributed by atoms with Crippen molar-refractivity contribution in [3.63, 3.8) is 0 Å². The van der Waals surface area contributed by atoms with Crippen molar-refractivity contribution in [2.45, 2.75) is 26.2 Å². The van der Waals surface area contributed by atoms with Gasteiger partial charge in [-0.15, -0.1) is 0 Å². The highest BCUT2D eigenvalue weighted by Gasteiger charge is 2.11. The molecule has 2 aromatic carbocycles. The number of anilines is 5. The minimum Gasteiger partial charge on any atom is -0.372 e. The van der Waals surface area contributed by atoms with Gasteiger partial charge in [-0.05, 0) is 74.7 Å². The predicted octanol–water partition coefficient (Wildman–Crippen LogP) is 5.40. The maximum Gasteiger partial charge on any atom is 0.229 e. The molecule has 1 aliphatic heterocycles. The normalized spacial score (nSPS) is 14.0. The summed E-state index contributed by atoms with van der Waals surface area (Å²) in [5.74, 6) is 0.918. The highest BCUT2D eigenvalue weighted by molar-refractivity contribution is 5.62. The van der Waals surface area contributed by atoms with Gasteiger partial charge in [0.1, 0.15) is 11.6 Å². The van der Waals surface area contributed by atoms with Crippen LogP contribution in [0, 0.1) is 12.7 Å². The largest absolute Gasteiger partial charge is 0.372 e. The van der Waals surface area contributed by atoms with Crippen LogP contribution in [-0.2, 0) is 0 Å². The van der Waals surface area contributed by atoms with E-state index in [-0.39, 0.29) is 5.82 Å². The Hall–Kier alpha value is -3.15. The minimum absolute atomic E-state index is 0.264. The number of halogens is 1. The molecular weight excluding hydrogens is 353 g/mol. The Bertz CT molecular complexity index is 919. The summed E-state index contributed by atoms with van der Waals surface area (Å²) in [6, 6.07) is 16.4. The monoisotopic (exact) mass is 377 g/mol. The van der Waals surface area contributed by atoms with Gasteiger partial charge in [0.25, 0.3) is 0 Å². The van der Waals surface area contributed by atoms with Gasteiger partial charge in [0.2, 0.25) is 5.95 Å². The van der Waals surface area contributed by atoms with E-state index in [4.69, 9.17) is 0 Å². The van der Waals surface area contributed by atoms with Crippen molar-refractivity contribution >= 4 is 28.8 Å². The van der Waals surface area contributed by atoms with E-state index in [0.717, 1.165) is 30.2 Å². The first kappa shape index (κ1) is 18.2. The van der Waals surface area contributed by atoms with Crippen LogP contribution >= 0.6 is 0 Å². The maximum atomic E-state index is 13.1. The molecule has 0 atom stereocenters. The van der Waals surface area contributed by atoms with Gasteiger partial charge in [0.05, 0.1) is 0 Å². The minimum atomic E-state index is -0.264. The number of benzene rings is 2. The van der Waals surface area contributed by atoms with Crippen LogP contribution in [0.25, 0.3) is 0 Å². The van der Waals surface area contributed by atoms with Crippen LogP contribution in [0.1, 0.15) is 25.0 Å². The number of nitrogens with zero attached hydrogens (tertiary/aromatic N) is 3. The second kappa shape index (κ2) is 8.25. The molecule has 4 rings (SSSR count). The van der Waals surface area contributed by atoms with Gasteiger partial charge in [0.15, 0.2) is 0 Å². The molecular formula is C22H24FN5. The third kappa shape index (κ3) is 4.57. The lowest BCUT2D eigenvalue weighted by molar-refractivity contribution is 0.578. The zero-order valence-electron chi connectivity index (χ0n) is 16.0. The van der Waals surface area contributed by atoms with Crippen molar-refractivity contribution in [3.8, 4) is 0 Å². The first-order valence-corrected chi connectivity index (χ1v) is 9.66. The summed E-state index contributed by atoms with van der Waals surface area (Å²) in [5, 5.41) is 6.46. The van der Waals surface area contributed by atoms with Crippen LogP contribution in [0.4, 0.5) is 33.2 Å². The number of piperidine rings is 1.